The number of nitro benzene ring substituents is 1. The standard InChI is InChI=1S/C16H23N3O7S/c1-3-17(12-16(20)26-4-2)14-6-5-13(11-15(14)19(21)22)27(23,24)18-7-9-25-10-8-18/h5-6,11H,3-4,7-10,12H2,1-2H3. The third-order valence-electron chi connectivity index (χ3n) is 4.10. The summed E-state index contributed by atoms with van der Waals surface area (Å²) in [5.41, 5.74) is -0.216. The van der Waals surface area contributed by atoms with Gasteiger partial charge in [-0.3, -0.25) is 14.9 Å². The van der Waals surface area contributed by atoms with E-state index in [2.05, 4.69) is 0 Å². The van der Waals surface area contributed by atoms with Crippen LogP contribution in [-0.2, 0) is 24.3 Å². The van der Waals surface area contributed by atoms with Gasteiger partial charge in [-0.25, -0.2) is 8.42 Å². The molecule has 0 atom stereocenters. The molecule has 0 radical (unpaired) electrons. The van der Waals surface area contributed by atoms with Crippen molar-refractivity contribution < 1.29 is 27.6 Å². The van der Waals surface area contributed by atoms with Crippen LogP contribution in [0.2, 0.25) is 0 Å². The van der Waals surface area contributed by atoms with Crippen molar-refractivity contribution in [1.82, 2.24) is 4.31 Å². The first-order chi connectivity index (χ1) is 12.8. The van der Waals surface area contributed by atoms with Gasteiger partial charge in [0.25, 0.3) is 5.69 Å². The van der Waals surface area contributed by atoms with Crippen molar-refractivity contribution in [1.29, 1.82) is 0 Å². The Hall–Kier alpha value is -2.24. The number of anilines is 1. The molecule has 0 aliphatic carbocycles. The van der Waals surface area contributed by atoms with Gasteiger partial charge in [0.2, 0.25) is 10.0 Å². The molecule has 1 saturated heterocycles. The van der Waals surface area contributed by atoms with Crippen LogP contribution in [-0.4, -0.2) is 69.6 Å². The van der Waals surface area contributed by atoms with E-state index in [1.807, 2.05) is 0 Å². The minimum absolute atomic E-state index is 0.160. The number of nitrogens with zero attached hydrogens (tertiary/aromatic N) is 3. The molecule has 10 nitrogen and oxygen atoms in total. The number of sulfonamides is 1. The van der Waals surface area contributed by atoms with Gasteiger partial charge < -0.3 is 14.4 Å². The Morgan fingerprint density at radius 1 is 1.33 bits per heavy atom. The van der Waals surface area contributed by atoms with Crippen LogP contribution in [0.25, 0.3) is 0 Å². The van der Waals surface area contributed by atoms with E-state index in [-0.39, 0.29) is 55.7 Å². The average Bonchev–Trinajstić information content (AvgIpc) is 2.66. The maximum absolute atomic E-state index is 12.7. The number of ether oxygens (including phenoxy) is 2. The minimum atomic E-state index is -3.86. The summed E-state index contributed by atoms with van der Waals surface area (Å²) in [6.07, 6.45) is 0. The van der Waals surface area contributed by atoms with Crippen molar-refractivity contribution in [3.63, 3.8) is 0 Å². The fourth-order valence-electron chi connectivity index (χ4n) is 2.74. The van der Waals surface area contributed by atoms with E-state index in [9.17, 15) is 23.3 Å². The summed E-state index contributed by atoms with van der Waals surface area (Å²) in [5.74, 6) is -0.515. The zero-order chi connectivity index (χ0) is 20.0. The van der Waals surface area contributed by atoms with Gasteiger partial charge in [-0.1, -0.05) is 0 Å². The lowest BCUT2D eigenvalue weighted by Gasteiger charge is -2.26. The monoisotopic (exact) mass is 401 g/mol. The van der Waals surface area contributed by atoms with Gasteiger partial charge in [0, 0.05) is 25.7 Å². The highest BCUT2D eigenvalue weighted by atomic mass is 32.2. The van der Waals surface area contributed by atoms with Gasteiger partial charge in [-0.05, 0) is 26.0 Å². The Balaban J connectivity index is 2.38. The Kier molecular flexibility index (Phi) is 7.11. The number of carbonyl (C=O) groups is 1. The average molecular weight is 401 g/mol. The van der Waals surface area contributed by atoms with Crippen molar-refractivity contribution in [2.24, 2.45) is 0 Å². The molecule has 1 aliphatic rings. The zero-order valence-corrected chi connectivity index (χ0v) is 16.1. The molecule has 0 unspecified atom stereocenters. The van der Waals surface area contributed by atoms with Crippen molar-refractivity contribution in [2.45, 2.75) is 18.7 Å². The van der Waals surface area contributed by atoms with Crippen LogP contribution >= 0.6 is 0 Å². The third-order valence-corrected chi connectivity index (χ3v) is 5.99. The van der Waals surface area contributed by atoms with E-state index < -0.39 is 20.9 Å². The van der Waals surface area contributed by atoms with E-state index in [0.717, 1.165) is 6.07 Å². The molecule has 1 aromatic rings. The van der Waals surface area contributed by atoms with Crippen LogP contribution in [0.15, 0.2) is 23.1 Å². The summed E-state index contributed by atoms with van der Waals surface area (Å²) < 4.78 is 36.8. The van der Waals surface area contributed by atoms with Gasteiger partial charge in [0.15, 0.2) is 0 Å². The quantitative estimate of drug-likeness (QED) is 0.360. The second-order valence-electron chi connectivity index (χ2n) is 5.74. The maximum Gasteiger partial charge on any atom is 0.325 e. The van der Waals surface area contributed by atoms with Crippen LogP contribution in [0, 0.1) is 10.1 Å². The molecule has 0 N–H and O–H groups in total. The minimum Gasteiger partial charge on any atom is -0.465 e. The van der Waals surface area contributed by atoms with Gasteiger partial charge in [0.05, 0.1) is 29.6 Å². The lowest BCUT2D eigenvalue weighted by Crippen LogP contribution is -2.40. The number of hydrogen-bond donors (Lipinski definition) is 0. The maximum atomic E-state index is 12.7. The predicted octanol–water partition coefficient (Wildman–Crippen LogP) is 1.01. The molecule has 0 spiro atoms. The van der Waals surface area contributed by atoms with Crippen LogP contribution in [0.3, 0.4) is 0 Å². The number of benzene rings is 1. The second-order valence-corrected chi connectivity index (χ2v) is 7.68. The summed E-state index contributed by atoms with van der Waals surface area (Å²) >= 11 is 0. The van der Waals surface area contributed by atoms with Crippen LogP contribution < -0.4 is 4.90 Å². The summed E-state index contributed by atoms with van der Waals surface area (Å²) in [6, 6.07) is 3.71. The first kappa shape index (κ1) is 21.1. The first-order valence-electron chi connectivity index (χ1n) is 8.58. The molecule has 0 aromatic heterocycles. The van der Waals surface area contributed by atoms with Gasteiger partial charge in [-0.15, -0.1) is 0 Å². The number of likely N-dealkylation sites (N-methyl/N-ethyl adjacent to an activating group) is 1. The van der Waals surface area contributed by atoms with Crippen molar-refractivity contribution in [3.8, 4) is 0 Å². The number of hydrogen-bond acceptors (Lipinski definition) is 8. The second kappa shape index (κ2) is 9.11. The smallest absolute Gasteiger partial charge is 0.325 e. The first-order valence-corrected chi connectivity index (χ1v) is 10.0. The Bertz CT molecular complexity index is 791. The fraction of sp³-hybridized carbons (Fsp3) is 0.562. The number of carbonyl (C=O) groups excluding carboxylic acids is 1. The molecule has 0 saturated carbocycles. The summed E-state index contributed by atoms with van der Waals surface area (Å²) in [7, 11) is -3.86. The van der Waals surface area contributed by atoms with E-state index >= 15 is 0 Å². The number of morpholine rings is 1. The largest absolute Gasteiger partial charge is 0.465 e. The van der Waals surface area contributed by atoms with Crippen LogP contribution in [0.1, 0.15) is 13.8 Å². The highest BCUT2D eigenvalue weighted by Crippen LogP contribution is 2.32. The van der Waals surface area contributed by atoms with E-state index in [0.29, 0.717) is 6.54 Å². The van der Waals surface area contributed by atoms with Crippen molar-refractivity contribution in [2.75, 3.05) is 50.9 Å². The normalized spacial score (nSPS) is 15.3. The van der Waals surface area contributed by atoms with E-state index in [4.69, 9.17) is 9.47 Å². The molecular formula is C16H23N3O7S. The zero-order valence-electron chi connectivity index (χ0n) is 15.3. The molecule has 27 heavy (non-hydrogen) atoms. The molecular weight excluding hydrogens is 378 g/mol. The number of nitro groups is 1. The Morgan fingerprint density at radius 2 is 2.00 bits per heavy atom. The SMILES string of the molecule is CCOC(=O)CN(CC)c1ccc(S(=O)(=O)N2CCOCC2)cc1[N+](=O)[O-]. The van der Waals surface area contributed by atoms with E-state index in [1.54, 1.807) is 13.8 Å². The molecule has 0 amide bonds. The van der Waals surface area contributed by atoms with Crippen molar-refractivity contribution >= 4 is 27.4 Å². The molecule has 150 valence electrons. The van der Waals surface area contributed by atoms with Gasteiger partial charge >= 0.3 is 5.97 Å². The Labute approximate surface area is 157 Å². The van der Waals surface area contributed by atoms with Crippen LogP contribution in [0.4, 0.5) is 11.4 Å². The molecule has 2 rings (SSSR count). The highest BCUT2D eigenvalue weighted by molar-refractivity contribution is 7.89. The topological polar surface area (TPSA) is 119 Å². The summed E-state index contributed by atoms with van der Waals surface area (Å²) in [4.78, 5) is 24.0. The number of rotatable bonds is 8. The molecule has 1 aliphatic heterocycles. The van der Waals surface area contributed by atoms with Gasteiger partial charge in [0.1, 0.15) is 12.2 Å². The highest BCUT2D eigenvalue weighted by Gasteiger charge is 2.30. The molecule has 1 fully saturated rings. The fourth-order valence-corrected chi connectivity index (χ4v) is 4.17. The van der Waals surface area contributed by atoms with Crippen molar-refractivity contribution in [3.05, 3.63) is 28.3 Å². The lowest BCUT2D eigenvalue weighted by molar-refractivity contribution is -0.384. The predicted molar refractivity (Wildman–Crippen MR) is 97.2 cm³/mol. The van der Waals surface area contributed by atoms with E-state index in [1.165, 1.54) is 21.3 Å². The Morgan fingerprint density at radius 3 is 2.56 bits per heavy atom. The van der Waals surface area contributed by atoms with Crippen LogP contribution in [0.5, 0.6) is 0 Å². The number of esters is 1. The third kappa shape index (κ3) is 4.93. The molecule has 11 heteroatoms. The summed E-state index contributed by atoms with van der Waals surface area (Å²) in [5, 5.41) is 11.5. The lowest BCUT2D eigenvalue weighted by atomic mass is 10.2. The molecule has 1 aromatic carbocycles. The molecule has 1 heterocycles. The molecule has 0 bridgehead atoms. The summed E-state index contributed by atoms with van der Waals surface area (Å²) in [6.45, 7) is 4.71. The van der Waals surface area contributed by atoms with Gasteiger partial charge in [-0.2, -0.15) is 4.31 Å².